The molecule has 3 rings (SSSR count). The van der Waals surface area contributed by atoms with Crippen LogP contribution in [0, 0.1) is 13.8 Å². The van der Waals surface area contributed by atoms with Crippen molar-refractivity contribution in [2.45, 2.75) is 33.5 Å². The maximum Gasteiger partial charge on any atom is 0.387 e. The van der Waals surface area contributed by atoms with Crippen molar-refractivity contribution in [3.8, 4) is 5.75 Å². The summed E-state index contributed by atoms with van der Waals surface area (Å²) in [5.41, 5.74) is 3.85. The molecule has 0 aliphatic rings. The van der Waals surface area contributed by atoms with E-state index < -0.39 is 6.61 Å². The summed E-state index contributed by atoms with van der Waals surface area (Å²) in [5.74, 6) is -0.273. The van der Waals surface area contributed by atoms with Crippen LogP contribution >= 0.6 is 15.9 Å². The van der Waals surface area contributed by atoms with Crippen LogP contribution in [0.5, 0.6) is 5.75 Å². The lowest BCUT2D eigenvalue weighted by atomic mass is 10.1. The van der Waals surface area contributed by atoms with E-state index in [-0.39, 0.29) is 18.2 Å². The van der Waals surface area contributed by atoms with E-state index in [0.29, 0.717) is 22.1 Å². The van der Waals surface area contributed by atoms with E-state index in [0.717, 1.165) is 17.0 Å². The van der Waals surface area contributed by atoms with Gasteiger partial charge in [-0.2, -0.15) is 13.9 Å². The molecule has 0 aliphatic carbocycles. The highest BCUT2D eigenvalue weighted by atomic mass is 79.9. The van der Waals surface area contributed by atoms with Gasteiger partial charge < -0.3 is 10.1 Å². The van der Waals surface area contributed by atoms with E-state index in [9.17, 15) is 13.6 Å². The summed E-state index contributed by atoms with van der Waals surface area (Å²) in [7, 11) is 0. The molecule has 0 bridgehead atoms. The number of carbonyl (C=O) groups is 1. The molecule has 1 amide bonds. The van der Waals surface area contributed by atoms with Crippen molar-refractivity contribution < 1.29 is 18.3 Å². The fraction of sp³-hybridized carbons (Fsp3) is 0.238. The molecule has 3 aromatic rings. The minimum Gasteiger partial charge on any atom is -0.434 e. The lowest BCUT2D eigenvalue weighted by molar-refractivity contribution is -0.0504. The number of aryl methyl sites for hydroxylation is 2. The van der Waals surface area contributed by atoms with Gasteiger partial charge in [-0.3, -0.25) is 9.48 Å². The average molecular weight is 464 g/mol. The molecule has 152 valence electrons. The molecule has 8 heteroatoms. The first-order valence-corrected chi connectivity index (χ1v) is 9.72. The Hall–Kier alpha value is -2.74. The van der Waals surface area contributed by atoms with Crippen LogP contribution in [-0.4, -0.2) is 22.3 Å². The van der Waals surface area contributed by atoms with Crippen LogP contribution in [0.3, 0.4) is 0 Å². The molecule has 0 spiro atoms. The van der Waals surface area contributed by atoms with Gasteiger partial charge in [0.25, 0.3) is 5.91 Å². The third-order valence-corrected chi connectivity index (χ3v) is 4.80. The van der Waals surface area contributed by atoms with Crippen LogP contribution in [0.2, 0.25) is 0 Å². The van der Waals surface area contributed by atoms with Gasteiger partial charge in [0.05, 0.1) is 12.2 Å². The largest absolute Gasteiger partial charge is 0.434 e. The zero-order valence-corrected chi connectivity index (χ0v) is 17.5. The molecule has 0 radical (unpaired) electrons. The summed E-state index contributed by atoms with van der Waals surface area (Å²) in [5, 5.41) is 7.19. The highest BCUT2D eigenvalue weighted by Crippen LogP contribution is 2.25. The molecule has 0 unspecified atom stereocenters. The normalized spacial score (nSPS) is 11.0. The molecule has 0 atom stereocenters. The lowest BCUT2D eigenvalue weighted by Gasteiger charge is -2.12. The van der Waals surface area contributed by atoms with Gasteiger partial charge in [0, 0.05) is 27.8 Å². The minimum atomic E-state index is -2.93. The minimum absolute atomic E-state index is 0.0294. The Morgan fingerprint density at radius 3 is 2.69 bits per heavy atom. The summed E-state index contributed by atoms with van der Waals surface area (Å²) in [6, 6.07) is 13.9. The van der Waals surface area contributed by atoms with Crippen molar-refractivity contribution in [2.75, 3.05) is 0 Å². The Morgan fingerprint density at radius 1 is 1.21 bits per heavy atom. The van der Waals surface area contributed by atoms with Gasteiger partial charge >= 0.3 is 6.61 Å². The number of rotatable bonds is 7. The summed E-state index contributed by atoms with van der Waals surface area (Å²) < 4.78 is 32.3. The molecule has 0 saturated carbocycles. The van der Waals surface area contributed by atoms with Gasteiger partial charge in [-0.1, -0.05) is 28.1 Å². The van der Waals surface area contributed by atoms with Crippen LogP contribution in [0.25, 0.3) is 0 Å². The first-order valence-electron chi connectivity index (χ1n) is 8.93. The number of amides is 1. The topological polar surface area (TPSA) is 56.2 Å². The van der Waals surface area contributed by atoms with Crippen molar-refractivity contribution in [1.29, 1.82) is 0 Å². The zero-order chi connectivity index (χ0) is 21.0. The second-order valence-electron chi connectivity index (χ2n) is 6.60. The maximum atomic E-state index is 12.6. The Balaban J connectivity index is 1.70. The molecule has 0 aliphatic heterocycles. The number of hydrogen-bond donors (Lipinski definition) is 1. The predicted octanol–water partition coefficient (Wildman–Crippen LogP) is 4.84. The molecule has 1 heterocycles. The Labute approximate surface area is 175 Å². The fourth-order valence-electron chi connectivity index (χ4n) is 2.99. The predicted molar refractivity (Wildman–Crippen MR) is 109 cm³/mol. The smallest absolute Gasteiger partial charge is 0.387 e. The summed E-state index contributed by atoms with van der Waals surface area (Å²) in [6.45, 7) is 1.59. The van der Waals surface area contributed by atoms with Crippen LogP contribution in [0.4, 0.5) is 8.78 Å². The van der Waals surface area contributed by atoms with Crippen molar-refractivity contribution in [1.82, 2.24) is 15.1 Å². The first kappa shape index (κ1) is 21.0. The summed E-state index contributed by atoms with van der Waals surface area (Å²) >= 11 is 3.30. The number of aromatic nitrogens is 2. The molecule has 1 aromatic heterocycles. The molecular formula is C21H20BrF2N3O2. The Bertz CT molecular complexity index is 1020. The quantitative estimate of drug-likeness (QED) is 0.545. The third kappa shape index (κ3) is 5.63. The molecule has 1 N–H and O–H groups in total. The molecule has 0 fully saturated rings. The average Bonchev–Trinajstić information content (AvgIpc) is 2.98. The first-order chi connectivity index (χ1) is 13.8. The van der Waals surface area contributed by atoms with Crippen molar-refractivity contribution >= 4 is 21.8 Å². The third-order valence-electron chi connectivity index (χ3n) is 4.30. The number of nitrogens with zero attached hydrogens (tertiary/aromatic N) is 2. The number of hydrogen-bond acceptors (Lipinski definition) is 3. The van der Waals surface area contributed by atoms with Crippen LogP contribution in [0.15, 0.2) is 53.0 Å². The van der Waals surface area contributed by atoms with Crippen LogP contribution < -0.4 is 10.1 Å². The second kappa shape index (κ2) is 9.17. The number of benzene rings is 2. The number of alkyl halides is 2. The summed E-state index contributed by atoms with van der Waals surface area (Å²) in [4.78, 5) is 12.6. The number of nitrogens with one attached hydrogen (secondary N) is 1. The molecule has 29 heavy (non-hydrogen) atoms. The van der Waals surface area contributed by atoms with Crippen molar-refractivity contribution in [3.05, 3.63) is 81.1 Å². The monoisotopic (exact) mass is 463 g/mol. The van der Waals surface area contributed by atoms with Crippen LogP contribution in [-0.2, 0) is 13.1 Å². The van der Waals surface area contributed by atoms with Crippen molar-refractivity contribution in [3.63, 3.8) is 0 Å². The zero-order valence-electron chi connectivity index (χ0n) is 16.0. The van der Waals surface area contributed by atoms with E-state index in [1.54, 1.807) is 30.3 Å². The van der Waals surface area contributed by atoms with Crippen LogP contribution in [0.1, 0.15) is 32.9 Å². The molecular weight excluding hydrogens is 444 g/mol. The van der Waals surface area contributed by atoms with Gasteiger partial charge in [0.15, 0.2) is 0 Å². The highest BCUT2D eigenvalue weighted by molar-refractivity contribution is 9.10. The Kier molecular flexibility index (Phi) is 6.64. The highest BCUT2D eigenvalue weighted by Gasteiger charge is 2.13. The molecule has 2 aromatic carbocycles. The molecule has 0 saturated heterocycles. The lowest BCUT2D eigenvalue weighted by Crippen LogP contribution is -2.23. The van der Waals surface area contributed by atoms with Gasteiger partial charge in [0.2, 0.25) is 0 Å². The Morgan fingerprint density at radius 2 is 2.00 bits per heavy atom. The second-order valence-corrected chi connectivity index (χ2v) is 7.51. The standard InChI is InChI=1S/C21H20BrF2N3O2/c1-13-8-14(2)27(26-13)12-15-4-3-5-16(9-15)20(28)25-11-17-10-18(22)6-7-19(17)29-21(23)24/h3-10,21H,11-12H2,1-2H3,(H,25,28). The summed E-state index contributed by atoms with van der Waals surface area (Å²) in [6.07, 6.45) is 0. The van der Waals surface area contributed by atoms with Crippen molar-refractivity contribution in [2.24, 2.45) is 0 Å². The van der Waals surface area contributed by atoms with E-state index in [4.69, 9.17) is 0 Å². The van der Waals surface area contributed by atoms with E-state index in [1.807, 2.05) is 30.7 Å². The van der Waals surface area contributed by atoms with Gasteiger partial charge in [0.1, 0.15) is 5.75 Å². The van der Waals surface area contributed by atoms with Gasteiger partial charge in [-0.15, -0.1) is 0 Å². The maximum absolute atomic E-state index is 12.6. The van der Waals surface area contributed by atoms with Gasteiger partial charge in [-0.25, -0.2) is 0 Å². The molecule has 5 nitrogen and oxygen atoms in total. The number of carbonyl (C=O) groups excluding carboxylic acids is 1. The van der Waals surface area contributed by atoms with E-state index in [2.05, 4.69) is 31.1 Å². The number of ether oxygens (including phenoxy) is 1. The van der Waals surface area contributed by atoms with E-state index in [1.165, 1.54) is 6.07 Å². The van der Waals surface area contributed by atoms with Gasteiger partial charge in [-0.05, 0) is 55.8 Å². The SMILES string of the molecule is Cc1cc(C)n(Cc2cccc(C(=O)NCc3cc(Br)ccc3OC(F)F)c2)n1. The number of halogens is 3. The fourth-order valence-corrected chi connectivity index (χ4v) is 3.40. The van der Waals surface area contributed by atoms with E-state index >= 15 is 0 Å².